The van der Waals surface area contributed by atoms with E-state index in [0.717, 1.165) is 5.56 Å². The zero-order chi connectivity index (χ0) is 24.7. The van der Waals surface area contributed by atoms with Gasteiger partial charge in [0.1, 0.15) is 5.75 Å². The lowest BCUT2D eigenvalue weighted by Gasteiger charge is -2.30. The molecule has 0 aromatic heterocycles. The van der Waals surface area contributed by atoms with Crippen molar-refractivity contribution in [3.8, 4) is 17.2 Å². The number of carbonyl (C=O) groups is 1. The molecule has 34 heavy (non-hydrogen) atoms. The number of hydrogen-bond donors (Lipinski definition) is 1. The quantitative estimate of drug-likeness (QED) is 0.525. The van der Waals surface area contributed by atoms with Crippen LogP contribution in [0.25, 0.3) is 0 Å². The van der Waals surface area contributed by atoms with Crippen molar-refractivity contribution in [3.63, 3.8) is 0 Å². The highest BCUT2D eigenvalue weighted by atomic mass is 35.5. The summed E-state index contributed by atoms with van der Waals surface area (Å²) >= 11 is 6.17. The van der Waals surface area contributed by atoms with Crippen LogP contribution in [0.2, 0.25) is 5.02 Å². The number of hydrogen-bond acceptors (Lipinski definition) is 6. The number of methoxy groups -OCH3 is 2. The van der Waals surface area contributed by atoms with Gasteiger partial charge in [-0.1, -0.05) is 17.7 Å². The molecule has 1 N–H and O–H groups in total. The molecular formula is C24H31ClN2O6S. The number of sulfonamides is 1. The summed E-state index contributed by atoms with van der Waals surface area (Å²) in [4.78, 5) is 12.8. The molecule has 0 atom stereocenters. The van der Waals surface area contributed by atoms with Gasteiger partial charge >= 0.3 is 0 Å². The second-order valence-corrected chi connectivity index (χ2v) is 10.3. The predicted octanol–water partition coefficient (Wildman–Crippen LogP) is 3.52. The van der Waals surface area contributed by atoms with Gasteiger partial charge in [-0.25, -0.2) is 8.42 Å². The van der Waals surface area contributed by atoms with E-state index in [0.29, 0.717) is 49.7 Å². The van der Waals surface area contributed by atoms with Gasteiger partial charge in [-0.15, -0.1) is 0 Å². The number of halogens is 1. The lowest BCUT2D eigenvalue weighted by molar-refractivity contribution is -0.126. The fourth-order valence-electron chi connectivity index (χ4n) is 3.93. The van der Waals surface area contributed by atoms with E-state index < -0.39 is 10.0 Å². The minimum absolute atomic E-state index is 0.0540. The largest absolute Gasteiger partial charge is 0.493 e. The predicted molar refractivity (Wildman–Crippen MR) is 130 cm³/mol. The van der Waals surface area contributed by atoms with Gasteiger partial charge < -0.3 is 19.5 Å². The van der Waals surface area contributed by atoms with E-state index in [4.69, 9.17) is 25.8 Å². The molecule has 0 saturated carbocycles. The van der Waals surface area contributed by atoms with Crippen LogP contribution in [0.15, 0.2) is 41.3 Å². The third-order valence-electron chi connectivity index (χ3n) is 5.83. The Hall–Kier alpha value is -2.49. The van der Waals surface area contributed by atoms with Gasteiger partial charge in [0, 0.05) is 25.6 Å². The standard InChI is InChI=1S/C24H31ClN2O6S/c1-4-33-21-8-6-19(16-20(21)25)34(29,30)27-13-10-18(11-14-27)24(28)26-12-9-17-5-7-22(31-2)23(15-17)32-3/h5-8,15-16,18H,4,9-14H2,1-3H3,(H,26,28). The highest BCUT2D eigenvalue weighted by molar-refractivity contribution is 7.89. The van der Waals surface area contributed by atoms with Crippen LogP contribution in [0.3, 0.4) is 0 Å². The van der Waals surface area contributed by atoms with E-state index in [1.165, 1.54) is 16.4 Å². The maximum absolute atomic E-state index is 13.0. The fraction of sp³-hybridized carbons (Fsp3) is 0.458. The maximum atomic E-state index is 13.0. The second-order valence-electron chi connectivity index (χ2n) is 7.93. The van der Waals surface area contributed by atoms with Gasteiger partial charge in [0.2, 0.25) is 15.9 Å². The maximum Gasteiger partial charge on any atom is 0.243 e. The zero-order valence-corrected chi connectivity index (χ0v) is 21.2. The number of carbonyl (C=O) groups excluding carboxylic acids is 1. The Kier molecular flexibility index (Phi) is 9.04. The second kappa shape index (κ2) is 11.8. The van der Waals surface area contributed by atoms with Crippen LogP contribution in [0.5, 0.6) is 17.2 Å². The van der Waals surface area contributed by atoms with E-state index in [9.17, 15) is 13.2 Å². The molecule has 3 rings (SSSR count). The molecule has 2 aromatic rings. The van der Waals surface area contributed by atoms with E-state index in [1.807, 2.05) is 25.1 Å². The van der Waals surface area contributed by atoms with Crippen molar-refractivity contribution in [2.75, 3.05) is 40.5 Å². The Bertz CT molecular complexity index is 1100. The zero-order valence-electron chi connectivity index (χ0n) is 19.7. The lowest BCUT2D eigenvalue weighted by atomic mass is 9.97. The Morgan fingerprint density at radius 1 is 1.06 bits per heavy atom. The first-order chi connectivity index (χ1) is 16.3. The summed E-state index contributed by atoms with van der Waals surface area (Å²) < 4.78 is 43.4. The average Bonchev–Trinajstić information content (AvgIpc) is 2.85. The van der Waals surface area contributed by atoms with Gasteiger partial charge in [-0.05, 0) is 62.1 Å². The van der Waals surface area contributed by atoms with E-state index in [1.54, 1.807) is 20.3 Å². The molecule has 10 heteroatoms. The van der Waals surface area contributed by atoms with Crippen molar-refractivity contribution in [2.24, 2.45) is 5.92 Å². The Balaban J connectivity index is 1.51. The highest BCUT2D eigenvalue weighted by Gasteiger charge is 2.32. The summed E-state index contributed by atoms with van der Waals surface area (Å²) in [5.41, 5.74) is 1.02. The normalized spacial score (nSPS) is 15.1. The molecule has 1 saturated heterocycles. The van der Waals surface area contributed by atoms with Crippen LogP contribution < -0.4 is 19.5 Å². The van der Waals surface area contributed by atoms with Crippen molar-refractivity contribution in [2.45, 2.75) is 31.1 Å². The molecule has 2 aromatic carbocycles. The van der Waals surface area contributed by atoms with Crippen molar-refractivity contribution in [1.82, 2.24) is 9.62 Å². The van der Waals surface area contributed by atoms with Crippen molar-refractivity contribution in [3.05, 3.63) is 47.0 Å². The number of piperidine rings is 1. The molecule has 1 heterocycles. The number of benzene rings is 2. The van der Waals surface area contributed by atoms with E-state index in [-0.39, 0.29) is 34.8 Å². The molecule has 1 amide bonds. The fourth-order valence-corrected chi connectivity index (χ4v) is 5.73. The van der Waals surface area contributed by atoms with E-state index in [2.05, 4.69) is 5.32 Å². The van der Waals surface area contributed by atoms with Gasteiger partial charge in [0.05, 0.1) is 30.7 Å². The van der Waals surface area contributed by atoms with Crippen LogP contribution >= 0.6 is 11.6 Å². The number of nitrogens with one attached hydrogen (secondary N) is 1. The molecule has 1 aliphatic heterocycles. The van der Waals surface area contributed by atoms with Crippen molar-refractivity contribution in [1.29, 1.82) is 0 Å². The van der Waals surface area contributed by atoms with Gasteiger partial charge in [0.15, 0.2) is 11.5 Å². The Morgan fingerprint density at radius 2 is 1.74 bits per heavy atom. The minimum Gasteiger partial charge on any atom is -0.493 e. The molecule has 1 fully saturated rings. The monoisotopic (exact) mass is 510 g/mol. The molecule has 0 aliphatic carbocycles. The third kappa shape index (κ3) is 6.14. The summed E-state index contributed by atoms with van der Waals surface area (Å²) in [5, 5.41) is 3.22. The minimum atomic E-state index is -3.69. The average molecular weight is 511 g/mol. The van der Waals surface area contributed by atoms with E-state index >= 15 is 0 Å². The number of ether oxygens (including phenoxy) is 3. The first kappa shape index (κ1) is 26.1. The number of nitrogens with zero attached hydrogens (tertiary/aromatic N) is 1. The van der Waals surface area contributed by atoms with Crippen LogP contribution in [-0.2, 0) is 21.2 Å². The molecule has 0 unspecified atom stereocenters. The van der Waals surface area contributed by atoms with Crippen LogP contribution in [0.4, 0.5) is 0 Å². The summed E-state index contributed by atoms with van der Waals surface area (Å²) in [7, 11) is -0.523. The molecule has 186 valence electrons. The van der Waals surface area contributed by atoms with Crippen LogP contribution in [0.1, 0.15) is 25.3 Å². The first-order valence-corrected chi connectivity index (χ1v) is 13.0. The van der Waals surface area contributed by atoms with Gasteiger partial charge in [-0.3, -0.25) is 4.79 Å². The molecular weight excluding hydrogens is 480 g/mol. The third-order valence-corrected chi connectivity index (χ3v) is 8.02. The summed E-state index contributed by atoms with van der Waals surface area (Å²) in [6.07, 6.45) is 1.58. The summed E-state index contributed by atoms with van der Waals surface area (Å²) in [6.45, 7) is 3.31. The first-order valence-electron chi connectivity index (χ1n) is 11.2. The van der Waals surface area contributed by atoms with Gasteiger partial charge in [-0.2, -0.15) is 4.31 Å². The van der Waals surface area contributed by atoms with Crippen LogP contribution in [-0.4, -0.2) is 59.1 Å². The number of rotatable bonds is 10. The molecule has 1 aliphatic rings. The molecule has 0 spiro atoms. The Labute approximate surface area is 206 Å². The molecule has 8 nitrogen and oxygen atoms in total. The molecule has 0 bridgehead atoms. The lowest BCUT2D eigenvalue weighted by Crippen LogP contribution is -2.43. The molecule has 0 radical (unpaired) electrons. The summed E-state index contributed by atoms with van der Waals surface area (Å²) in [6, 6.07) is 10.1. The SMILES string of the molecule is CCOc1ccc(S(=O)(=O)N2CCC(C(=O)NCCc3ccc(OC)c(OC)c3)CC2)cc1Cl. The van der Waals surface area contributed by atoms with Gasteiger partial charge in [0.25, 0.3) is 0 Å². The topological polar surface area (TPSA) is 94.2 Å². The highest BCUT2D eigenvalue weighted by Crippen LogP contribution is 2.31. The smallest absolute Gasteiger partial charge is 0.243 e. The van der Waals surface area contributed by atoms with Crippen LogP contribution in [0, 0.1) is 5.92 Å². The Morgan fingerprint density at radius 3 is 2.35 bits per heavy atom. The summed E-state index contributed by atoms with van der Waals surface area (Å²) in [5.74, 6) is 1.48. The number of amides is 1. The van der Waals surface area contributed by atoms with Crippen molar-refractivity contribution >= 4 is 27.5 Å². The van der Waals surface area contributed by atoms with Crippen molar-refractivity contribution < 1.29 is 27.4 Å².